The van der Waals surface area contributed by atoms with Gasteiger partial charge in [-0.1, -0.05) is 109 Å². The fourth-order valence-electron chi connectivity index (χ4n) is 15.2. The van der Waals surface area contributed by atoms with Crippen molar-refractivity contribution >= 4 is 0 Å². The zero-order valence-corrected chi connectivity index (χ0v) is 41.5. The Balaban J connectivity index is 0.00000471. The number of aryl methyl sites for hydroxylation is 1. The molecular formula is C59H69NO2Zr. The summed E-state index contributed by atoms with van der Waals surface area (Å²) in [5.74, 6) is 5.70. The van der Waals surface area contributed by atoms with Crippen LogP contribution in [0.1, 0.15) is 153 Å². The molecule has 8 aliphatic rings. The first-order chi connectivity index (χ1) is 29.6. The minimum Gasteiger partial charge on any atom is -0.507 e. The van der Waals surface area contributed by atoms with Gasteiger partial charge in [0, 0.05) is 59.6 Å². The third-order valence-corrected chi connectivity index (χ3v) is 17.5. The van der Waals surface area contributed by atoms with Crippen LogP contribution in [0, 0.1) is 35.5 Å². The molecule has 4 heteroatoms. The Hall–Kier alpha value is -3.49. The Morgan fingerprint density at radius 2 is 0.794 bits per heavy atom. The summed E-state index contributed by atoms with van der Waals surface area (Å²) in [7, 11) is 0. The van der Waals surface area contributed by atoms with Crippen LogP contribution in [0.3, 0.4) is 0 Å². The van der Waals surface area contributed by atoms with E-state index in [2.05, 4.69) is 133 Å². The van der Waals surface area contributed by atoms with Gasteiger partial charge in [-0.3, -0.25) is 0 Å². The average molecular weight is 915 g/mol. The van der Waals surface area contributed by atoms with E-state index in [4.69, 9.17) is 4.98 Å². The van der Waals surface area contributed by atoms with Gasteiger partial charge in [-0.25, -0.2) is 4.98 Å². The van der Waals surface area contributed by atoms with Crippen LogP contribution < -0.4 is 0 Å². The van der Waals surface area contributed by atoms with E-state index in [0.29, 0.717) is 11.5 Å². The molecular weight excluding hydrogens is 846 g/mol. The van der Waals surface area contributed by atoms with Crippen LogP contribution in [0.25, 0.3) is 44.8 Å². The maximum atomic E-state index is 12.7. The fourth-order valence-corrected chi connectivity index (χ4v) is 15.2. The number of hydrogen-bond donors (Lipinski definition) is 2. The van der Waals surface area contributed by atoms with Gasteiger partial charge < -0.3 is 10.2 Å². The van der Waals surface area contributed by atoms with Gasteiger partial charge in [-0.2, -0.15) is 0 Å². The summed E-state index contributed by atoms with van der Waals surface area (Å²) in [5.41, 5.74) is 14.1. The van der Waals surface area contributed by atoms with Crippen molar-refractivity contribution in [3.8, 4) is 56.3 Å². The molecule has 0 spiro atoms. The number of hydrogen-bond acceptors (Lipinski definition) is 3. The number of phenols is 2. The Morgan fingerprint density at radius 1 is 0.476 bits per heavy atom. The van der Waals surface area contributed by atoms with Crippen LogP contribution in [0.15, 0.2) is 84.9 Å². The summed E-state index contributed by atoms with van der Waals surface area (Å²) in [6.07, 6.45) is 16.4. The van der Waals surface area contributed by atoms with Gasteiger partial charge in [0.15, 0.2) is 0 Å². The number of phenolic OH excluding ortho intramolecular Hbond substituents is 2. The molecule has 3 nitrogen and oxygen atoms in total. The van der Waals surface area contributed by atoms with Gasteiger partial charge in [0.05, 0.1) is 11.4 Å². The molecule has 326 valence electrons. The maximum absolute atomic E-state index is 12.7. The first-order valence-corrected chi connectivity index (χ1v) is 24.5. The Morgan fingerprint density at radius 3 is 1.10 bits per heavy atom. The van der Waals surface area contributed by atoms with E-state index in [9.17, 15) is 10.2 Å². The number of aromatic nitrogens is 1. The first kappa shape index (κ1) is 43.4. The van der Waals surface area contributed by atoms with Gasteiger partial charge in [0.1, 0.15) is 11.5 Å². The molecule has 0 atom stereocenters. The predicted molar refractivity (Wildman–Crippen MR) is 256 cm³/mol. The SMILES string of the molecule is CCc1cc(-c2ccccc2-c2cc(C(C)(C)C)cc(C34CC5CC(CC(C5)C3)C4)c2O)nc(-c2ccccc2-c2cc(C(C)(C)C)cc(C34CC5CC(CC(C5)C3)C4)c2O)c1.[Zr]. The van der Waals surface area contributed by atoms with Gasteiger partial charge in [-0.05, 0) is 193 Å². The van der Waals surface area contributed by atoms with Crippen LogP contribution in [0.4, 0.5) is 0 Å². The third kappa shape index (κ3) is 7.44. The molecule has 8 bridgehead atoms. The second-order valence-corrected chi connectivity index (χ2v) is 23.9. The summed E-state index contributed by atoms with van der Waals surface area (Å²) in [5, 5.41) is 25.4. The van der Waals surface area contributed by atoms with E-state index in [1.165, 1.54) is 105 Å². The van der Waals surface area contributed by atoms with Gasteiger partial charge in [0.2, 0.25) is 0 Å². The summed E-state index contributed by atoms with van der Waals surface area (Å²) in [6.45, 7) is 16.1. The molecule has 1 heterocycles. The van der Waals surface area contributed by atoms with Crippen molar-refractivity contribution in [1.82, 2.24) is 4.98 Å². The van der Waals surface area contributed by atoms with E-state index >= 15 is 0 Å². The zero-order chi connectivity index (χ0) is 42.9. The second kappa shape index (κ2) is 15.6. The number of rotatable bonds is 7. The van der Waals surface area contributed by atoms with Crippen LogP contribution in [-0.4, -0.2) is 15.2 Å². The smallest absolute Gasteiger partial charge is 0.127 e. The topological polar surface area (TPSA) is 53.4 Å². The van der Waals surface area contributed by atoms with E-state index in [1.807, 2.05) is 0 Å². The van der Waals surface area contributed by atoms with Gasteiger partial charge in [0.25, 0.3) is 0 Å². The number of nitrogens with zero attached hydrogens (tertiary/aromatic N) is 1. The summed E-state index contributed by atoms with van der Waals surface area (Å²) < 4.78 is 0. The molecule has 0 amide bonds. The largest absolute Gasteiger partial charge is 0.507 e. The maximum Gasteiger partial charge on any atom is 0.127 e. The molecule has 1 aromatic heterocycles. The monoisotopic (exact) mass is 913 g/mol. The quantitative estimate of drug-likeness (QED) is 0.171. The van der Waals surface area contributed by atoms with Crippen molar-refractivity contribution in [3.05, 3.63) is 113 Å². The third-order valence-electron chi connectivity index (χ3n) is 17.5. The van der Waals surface area contributed by atoms with E-state index in [-0.39, 0.29) is 47.9 Å². The molecule has 8 aliphatic carbocycles. The molecule has 13 rings (SSSR count). The molecule has 0 unspecified atom stereocenters. The molecule has 5 aromatic rings. The Labute approximate surface area is 397 Å². The summed E-state index contributed by atoms with van der Waals surface area (Å²) in [6, 6.07) is 31.2. The molecule has 63 heavy (non-hydrogen) atoms. The average Bonchev–Trinajstić information content (AvgIpc) is 3.22. The normalized spacial score (nSPS) is 29.3. The minimum atomic E-state index is -0.0723. The number of benzene rings is 4. The van der Waals surface area contributed by atoms with Crippen molar-refractivity contribution in [1.29, 1.82) is 0 Å². The number of pyridine rings is 1. The molecule has 8 fully saturated rings. The molecule has 0 saturated heterocycles. The molecule has 0 aliphatic heterocycles. The van der Waals surface area contributed by atoms with Crippen LogP contribution in [0.5, 0.6) is 11.5 Å². The fraction of sp³-hybridized carbons (Fsp3) is 0.508. The molecule has 8 saturated carbocycles. The molecule has 2 N–H and O–H groups in total. The van der Waals surface area contributed by atoms with Crippen molar-refractivity contribution in [3.63, 3.8) is 0 Å². The van der Waals surface area contributed by atoms with E-state index in [0.717, 1.165) is 86.7 Å². The van der Waals surface area contributed by atoms with Crippen molar-refractivity contribution in [2.45, 2.75) is 154 Å². The minimum absolute atomic E-state index is 0. The molecule has 4 aromatic carbocycles. The van der Waals surface area contributed by atoms with Crippen molar-refractivity contribution < 1.29 is 36.4 Å². The van der Waals surface area contributed by atoms with Crippen LogP contribution in [-0.2, 0) is 54.3 Å². The van der Waals surface area contributed by atoms with Gasteiger partial charge >= 0.3 is 0 Å². The van der Waals surface area contributed by atoms with E-state index < -0.39 is 0 Å². The summed E-state index contributed by atoms with van der Waals surface area (Å²) in [4.78, 5) is 5.59. The predicted octanol–water partition coefficient (Wildman–Crippen LogP) is 15.3. The Bertz CT molecular complexity index is 2340. The Kier molecular flexibility index (Phi) is 10.7. The van der Waals surface area contributed by atoms with Crippen molar-refractivity contribution in [2.75, 3.05) is 0 Å². The summed E-state index contributed by atoms with van der Waals surface area (Å²) >= 11 is 0. The molecule has 0 radical (unpaired) electrons. The van der Waals surface area contributed by atoms with E-state index in [1.54, 1.807) is 0 Å². The zero-order valence-electron chi connectivity index (χ0n) is 39.1. The van der Waals surface area contributed by atoms with Crippen molar-refractivity contribution in [2.24, 2.45) is 35.5 Å². The standard InChI is InChI=1S/C59H69NO2.Zr/c1-8-35-23-52(46-15-11-9-13-44(46)48-25-42(56(2,3)4)27-50(54(48)61)58-29-36-17-37(30-58)19-38(18-36)31-58)60-53(24-35)47-16-12-10-14-45(47)49-26-43(57(5,6)7)28-51(55(49)62)59-32-39-20-40(33-59)22-41(21-39)34-59;/h9-16,23-28,36-41,61-62H,8,17-22,29-34H2,1-7H3;. The first-order valence-electron chi connectivity index (χ1n) is 24.5. The number of aromatic hydroxyl groups is 2. The second-order valence-electron chi connectivity index (χ2n) is 23.9. The van der Waals surface area contributed by atoms with Crippen LogP contribution >= 0.6 is 0 Å². The van der Waals surface area contributed by atoms with Crippen LogP contribution in [0.2, 0.25) is 0 Å². The van der Waals surface area contributed by atoms with Gasteiger partial charge in [-0.15, -0.1) is 0 Å².